The maximum atomic E-state index is 11.4. The Morgan fingerprint density at radius 2 is 2.53 bits per heavy atom. The number of hydrogen-bond acceptors (Lipinski definition) is 4. The Kier molecular flexibility index (Phi) is 5.52. The summed E-state index contributed by atoms with van der Waals surface area (Å²) >= 11 is 6.36. The molecule has 0 aliphatic heterocycles. The molecule has 0 unspecified atom stereocenters. The van der Waals surface area contributed by atoms with Gasteiger partial charge in [-0.3, -0.25) is 4.79 Å². The molecule has 2 N–H and O–H groups in total. The minimum absolute atomic E-state index is 0.00940. The fourth-order valence-electron chi connectivity index (χ4n) is 1.08. The van der Waals surface area contributed by atoms with E-state index in [1.54, 1.807) is 7.11 Å². The first-order chi connectivity index (χ1) is 7.22. The number of nitrogens with one attached hydrogen (secondary N) is 2. The number of aromatic nitrogens is 1. The number of ether oxygens (including phenoxy) is 1. The second-order valence-electron chi connectivity index (χ2n) is 3.05. The predicted octanol–water partition coefficient (Wildman–Crippen LogP) is 1.50. The van der Waals surface area contributed by atoms with Crippen molar-refractivity contribution in [2.45, 2.75) is 12.8 Å². The first kappa shape index (κ1) is 12.4. The van der Waals surface area contributed by atoms with Crippen LogP contribution in [0.5, 0.6) is 0 Å². The number of thiazole rings is 1. The van der Waals surface area contributed by atoms with Gasteiger partial charge in [0.25, 0.3) is 0 Å². The zero-order valence-corrected chi connectivity index (χ0v) is 10.2. The summed E-state index contributed by atoms with van der Waals surface area (Å²) in [6.07, 6.45) is 1.20. The largest absolute Gasteiger partial charge is 0.385 e. The van der Waals surface area contributed by atoms with E-state index in [0.29, 0.717) is 23.5 Å². The Balaban J connectivity index is 2.21. The highest BCUT2D eigenvalue weighted by molar-refractivity contribution is 7.73. The van der Waals surface area contributed by atoms with Gasteiger partial charge in [-0.25, -0.2) is 0 Å². The van der Waals surface area contributed by atoms with Crippen molar-refractivity contribution >= 4 is 29.5 Å². The van der Waals surface area contributed by atoms with E-state index in [2.05, 4.69) is 10.3 Å². The van der Waals surface area contributed by atoms with E-state index in [0.717, 1.165) is 12.1 Å². The summed E-state index contributed by atoms with van der Waals surface area (Å²) in [7, 11) is 1.65. The minimum Gasteiger partial charge on any atom is -0.385 e. The zero-order valence-electron chi connectivity index (χ0n) is 8.54. The molecule has 1 aromatic rings. The van der Waals surface area contributed by atoms with Gasteiger partial charge in [-0.15, -0.1) is 11.3 Å². The fraction of sp³-hybridized carbons (Fsp3) is 0.556. The van der Waals surface area contributed by atoms with Crippen molar-refractivity contribution in [2.24, 2.45) is 0 Å². The number of amides is 1. The molecule has 1 heterocycles. The van der Waals surface area contributed by atoms with Crippen LogP contribution in [-0.4, -0.2) is 31.2 Å². The molecule has 1 amide bonds. The first-order valence-electron chi connectivity index (χ1n) is 4.64. The lowest BCUT2D eigenvalue weighted by molar-refractivity contribution is -0.120. The topological polar surface area (TPSA) is 54.1 Å². The van der Waals surface area contributed by atoms with Crippen LogP contribution in [0.1, 0.15) is 12.1 Å². The fourth-order valence-corrected chi connectivity index (χ4v) is 1.94. The predicted molar refractivity (Wildman–Crippen MR) is 62.7 cm³/mol. The van der Waals surface area contributed by atoms with Crippen molar-refractivity contribution in [3.05, 3.63) is 15.0 Å². The van der Waals surface area contributed by atoms with Crippen LogP contribution in [-0.2, 0) is 16.0 Å². The molecule has 1 aromatic heterocycles. The van der Waals surface area contributed by atoms with Crippen LogP contribution in [0.4, 0.5) is 0 Å². The van der Waals surface area contributed by atoms with Gasteiger partial charge in [-0.05, 0) is 18.6 Å². The molecule has 84 valence electrons. The van der Waals surface area contributed by atoms with Gasteiger partial charge in [0.1, 0.15) is 0 Å². The maximum Gasteiger partial charge on any atom is 0.225 e. The average Bonchev–Trinajstić information content (AvgIpc) is 2.59. The molecule has 0 saturated heterocycles. The van der Waals surface area contributed by atoms with Gasteiger partial charge >= 0.3 is 0 Å². The van der Waals surface area contributed by atoms with Gasteiger partial charge in [-0.2, -0.15) is 0 Å². The number of carbonyl (C=O) groups excluding carboxylic acids is 1. The van der Waals surface area contributed by atoms with Gasteiger partial charge < -0.3 is 15.0 Å². The Morgan fingerprint density at radius 1 is 1.73 bits per heavy atom. The number of carbonyl (C=O) groups is 1. The number of rotatable bonds is 6. The van der Waals surface area contributed by atoms with E-state index in [9.17, 15) is 4.79 Å². The van der Waals surface area contributed by atoms with E-state index in [-0.39, 0.29) is 5.91 Å². The van der Waals surface area contributed by atoms with Gasteiger partial charge in [0.05, 0.1) is 6.42 Å². The molecule has 0 spiro atoms. The average molecular weight is 246 g/mol. The lowest BCUT2D eigenvalue weighted by Crippen LogP contribution is -2.26. The summed E-state index contributed by atoms with van der Waals surface area (Å²) in [4.78, 5) is 14.3. The third kappa shape index (κ3) is 5.06. The van der Waals surface area contributed by atoms with Gasteiger partial charge in [-0.1, -0.05) is 0 Å². The lowest BCUT2D eigenvalue weighted by Gasteiger charge is -2.03. The molecule has 6 heteroatoms. The molecule has 0 radical (unpaired) electrons. The molecular weight excluding hydrogens is 232 g/mol. The van der Waals surface area contributed by atoms with E-state index in [1.165, 1.54) is 11.3 Å². The molecule has 0 atom stereocenters. The lowest BCUT2D eigenvalue weighted by atomic mass is 10.3. The van der Waals surface area contributed by atoms with E-state index < -0.39 is 0 Å². The highest BCUT2D eigenvalue weighted by atomic mass is 32.1. The Hall–Kier alpha value is -0.720. The van der Waals surface area contributed by atoms with Gasteiger partial charge in [0, 0.05) is 31.3 Å². The molecule has 0 fully saturated rings. The van der Waals surface area contributed by atoms with Crippen molar-refractivity contribution in [3.8, 4) is 0 Å². The SMILES string of the molecule is COCCCNC(=O)Cc1csc(=S)[nH]1. The third-order valence-electron chi connectivity index (χ3n) is 1.77. The van der Waals surface area contributed by atoms with Crippen LogP contribution < -0.4 is 5.32 Å². The second kappa shape index (κ2) is 6.71. The molecule has 0 bridgehead atoms. The number of hydrogen-bond donors (Lipinski definition) is 2. The molecule has 0 aliphatic rings. The van der Waals surface area contributed by atoms with Crippen LogP contribution in [0.15, 0.2) is 5.38 Å². The maximum absolute atomic E-state index is 11.4. The van der Waals surface area contributed by atoms with E-state index in [1.807, 2.05) is 5.38 Å². The Morgan fingerprint density at radius 3 is 3.13 bits per heavy atom. The second-order valence-corrected chi connectivity index (χ2v) is 4.59. The van der Waals surface area contributed by atoms with Crippen LogP contribution >= 0.6 is 23.6 Å². The molecule has 0 aromatic carbocycles. The highest BCUT2D eigenvalue weighted by Crippen LogP contribution is 2.04. The number of methoxy groups -OCH3 is 1. The molecule has 1 rings (SSSR count). The number of H-pyrrole nitrogens is 1. The van der Waals surface area contributed by atoms with Crippen molar-refractivity contribution in [1.29, 1.82) is 0 Å². The number of aromatic amines is 1. The molecule has 15 heavy (non-hydrogen) atoms. The Bertz CT molecular complexity index is 359. The van der Waals surface area contributed by atoms with Crippen molar-refractivity contribution < 1.29 is 9.53 Å². The summed E-state index contributed by atoms with van der Waals surface area (Å²) in [6.45, 7) is 1.32. The van der Waals surface area contributed by atoms with Gasteiger partial charge in [0.2, 0.25) is 5.91 Å². The molecule has 0 saturated carbocycles. The van der Waals surface area contributed by atoms with Gasteiger partial charge in [0.15, 0.2) is 3.95 Å². The minimum atomic E-state index is 0.00940. The van der Waals surface area contributed by atoms with Crippen molar-refractivity contribution in [3.63, 3.8) is 0 Å². The molecule has 4 nitrogen and oxygen atoms in total. The molecule has 0 aliphatic carbocycles. The normalized spacial score (nSPS) is 10.2. The standard InChI is InChI=1S/C9H14N2O2S2/c1-13-4-2-3-10-8(12)5-7-6-15-9(14)11-7/h6H,2-5H2,1H3,(H,10,12)(H,11,14). The first-order valence-corrected chi connectivity index (χ1v) is 5.93. The van der Waals surface area contributed by atoms with Crippen molar-refractivity contribution in [2.75, 3.05) is 20.3 Å². The van der Waals surface area contributed by atoms with Crippen LogP contribution in [0.3, 0.4) is 0 Å². The van der Waals surface area contributed by atoms with Crippen LogP contribution in [0, 0.1) is 3.95 Å². The summed E-state index contributed by atoms with van der Waals surface area (Å²) in [5.74, 6) is 0.00940. The monoisotopic (exact) mass is 246 g/mol. The Labute approximate surface area is 97.7 Å². The van der Waals surface area contributed by atoms with Crippen LogP contribution in [0.2, 0.25) is 0 Å². The third-order valence-corrected chi connectivity index (χ3v) is 2.88. The summed E-state index contributed by atoms with van der Waals surface area (Å²) in [5.41, 5.74) is 0.870. The summed E-state index contributed by atoms with van der Waals surface area (Å²) < 4.78 is 5.58. The van der Waals surface area contributed by atoms with Crippen molar-refractivity contribution in [1.82, 2.24) is 10.3 Å². The zero-order chi connectivity index (χ0) is 11.1. The quantitative estimate of drug-likeness (QED) is 0.591. The molecular formula is C9H14N2O2S2. The van der Waals surface area contributed by atoms with E-state index in [4.69, 9.17) is 17.0 Å². The summed E-state index contributed by atoms with van der Waals surface area (Å²) in [6, 6.07) is 0. The highest BCUT2D eigenvalue weighted by Gasteiger charge is 2.03. The van der Waals surface area contributed by atoms with Crippen LogP contribution in [0.25, 0.3) is 0 Å². The smallest absolute Gasteiger partial charge is 0.225 e. The summed E-state index contributed by atoms with van der Waals surface area (Å²) in [5, 5.41) is 4.68. The van der Waals surface area contributed by atoms with E-state index >= 15 is 0 Å².